The van der Waals surface area contributed by atoms with Gasteiger partial charge in [-0.1, -0.05) is 6.58 Å². The Hall–Kier alpha value is -0.350. The number of carbonyl (C=O) groups excluding carboxylic acids is 1. The van der Waals surface area contributed by atoms with Crippen molar-refractivity contribution in [3.63, 3.8) is 0 Å². The van der Waals surface area contributed by atoms with Crippen molar-refractivity contribution in [2.45, 2.75) is 6.92 Å². The lowest BCUT2D eigenvalue weighted by Crippen LogP contribution is -3.00. The number of halogens is 1. The molecule has 4 heteroatoms. The highest BCUT2D eigenvalue weighted by molar-refractivity contribution is 5.86. The van der Waals surface area contributed by atoms with Gasteiger partial charge in [0.05, 0.1) is 21.2 Å². The van der Waals surface area contributed by atoms with Gasteiger partial charge in [0.2, 0.25) is 0 Å². The van der Waals surface area contributed by atoms with Gasteiger partial charge < -0.3 is 27.0 Å². The van der Waals surface area contributed by atoms with Crippen molar-refractivity contribution >= 4 is 5.97 Å². The molecule has 0 unspecified atom stereocenters. The van der Waals surface area contributed by atoms with Crippen molar-refractivity contribution in [2.24, 2.45) is 0 Å². The van der Waals surface area contributed by atoms with Crippen LogP contribution in [0.15, 0.2) is 12.2 Å². The molecule has 0 aromatic rings. The predicted octanol–water partition coefficient (Wildman–Crippen LogP) is -3.45. The monoisotopic (exact) mass is 225 g/mol. The van der Waals surface area contributed by atoms with Gasteiger partial charge in [0.1, 0.15) is 0 Å². The van der Waals surface area contributed by atoms with Crippen LogP contribution in [0, 0.1) is 0 Å². The van der Waals surface area contributed by atoms with E-state index in [0.717, 1.165) is 0 Å². The normalized spacial score (nSPS) is 6.55. The first-order valence-corrected chi connectivity index (χ1v) is 3.07. The third-order valence-corrected chi connectivity index (χ3v) is 0.534. The quantitative estimate of drug-likeness (QED) is 0.373. The first-order valence-electron chi connectivity index (χ1n) is 3.07. The molecule has 0 aromatic heterocycles. The second-order valence-electron chi connectivity index (χ2n) is 1.85. The number of ether oxygens (including phenoxy) is 1. The molecule has 0 aliphatic heterocycles. The number of nitrogens with two attached hydrogens (primary N) is 1. The summed E-state index contributed by atoms with van der Waals surface area (Å²) in [6.45, 7) is 4.95. The van der Waals surface area contributed by atoms with E-state index in [-0.39, 0.29) is 23.0 Å². The van der Waals surface area contributed by atoms with Crippen LogP contribution in [-0.2, 0) is 9.53 Å². The molecule has 11 heavy (non-hydrogen) atoms. The first kappa shape index (κ1) is 16.9. The van der Waals surface area contributed by atoms with Gasteiger partial charge in [0, 0.05) is 5.57 Å². The van der Waals surface area contributed by atoms with E-state index in [0.29, 0.717) is 5.57 Å². The van der Waals surface area contributed by atoms with Crippen LogP contribution >= 0.6 is 0 Å². The lowest BCUT2D eigenvalue weighted by molar-refractivity contribution is -0.597. The molecule has 0 saturated carbocycles. The van der Waals surface area contributed by atoms with Gasteiger partial charge in [-0.25, -0.2) is 4.79 Å². The summed E-state index contributed by atoms with van der Waals surface area (Å²) < 4.78 is 4.27. The van der Waals surface area contributed by atoms with Crippen LogP contribution in [0.2, 0.25) is 0 Å². The van der Waals surface area contributed by atoms with E-state index in [1.807, 2.05) is 19.4 Å². The Morgan fingerprint density at radius 3 is 1.73 bits per heavy atom. The van der Waals surface area contributed by atoms with E-state index < -0.39 is 0 Å². The summed E-state index contributed by atoms with van der Waals surface area (Å²) in [5, 5.41) is 2.00. The maximum Gasteiger partial charge on any atom is 0.332 e. The van der Waals surface area contributed by atoms with E-state index >= 15 is 0 Å². The van der Waals surface area contributed by atoms with Crippen molar-refractivity contribution in [2.75, 3.05) is 21.2 Å². The molecule has 0 spiro atoms. The van der Waals surface area contributed by atoms with E-state index in [4.69, 9.17) is 0 Å². The van der Waals surface area contributed by atoms with Crippen LogP contribution in [0.5, 0.6) is 0 Å². The minimum atomic E-state index is -0.347. The highest BCUT2D eigenvalue weighted by Crippen LogP contribution is 1.87. The van der Waals surface area contributed by atoms with Gasteiger partial charge >= 0.3 is 5.97 Å². The summed E-state index contributed by atoms with van der Waals surface area (Å²) in [5.41, 5.74) is 0.433. The number of carbonyl (C=O) groups is 1. The smallest absolute Gasteiger partial charge is 0.332 e. The van der Waals surface area contributed by atoms with Gasteiger partial charge in [-0.15, -0.1) is 0 Å². The fourth-order valence-corrected chi connectivity index (χ4v) is 0.174. The van der Waals surface area contributed by atoms with Crippen LogP contribution in [0.3, 0.4) is 0 Å². The van der Waals surface area contributed by atoms with Crippen molar-refractivity contribution in [1.29, 1.82) is 0 Å². The lowest BCUT2D eigenvalue weighted by atomic mass is 10.4. The van der Waals surface area contributed by atoms with Crippen LogP contribution in [-0.4, -0.2) is 27.2 Å². The molecule has 0 amide bonds. The molecular weight excluding hydrogens is 210 g/mol. The maximum absolute atomic E-state index is 10.2. The van der Waals surface area contributed by atoms with E-state index in [9.17, 15) is 4.79 Å². The zero-order valence-corrected chi connectivity index (χ0v) is 9.06. The summed E-state index contributed by atoms with van der Waals surface area (Å²) in [6, 6.07) is 0. The SMILES string of the molecule is C=C(C)C(=O)OC.C[NH2+]C.[Br-]. The zero-order valence-electron chi connectivity index (χ0n) is 7.48. The predicted molar refractivity (Wildman–Crippen MR) is 40.6 cm³/mol. The summed E-state index contributed by atoms with van der Waals surface area (Å²) in [6.07, 6.45) is 0. The Kier molecular flexibility index (Phi) is 19.0. The first-order chi connectivity index (χ1) is 4.59. The average molecular weight is 226 g/mol. The van der Waals surface area contributed by atoms with Crippen LogP contribution in [0.4, 0.5) is 0 Å². The van der Waals surface area contributed by atoms with Gasteiger partial charge in [0.25, 0.3) is 0 Å². The summed E-state index contributed by atoms with van der Waals surface area (Å²) in [7, 11) is 5.33. The highest BCUT2D eigenvalue weighted by atomic mass is 79.9. The Morgan fingerprint density at radius 2 is 1.73 bits per heavy atom. The Labute approximate surface area is 78.6 Å². The molecule has 0 bridgehead atoms. The molecular formula is C7H16BrNO2. The van der Waals surface area contributed by atoms with Crippen molar-refractivity contribution < 1.29 is 31.8 Å². The molecule has 0 aliphatic carbocycles. The maximum atomic E-state index is 10.2. The van der Waals surface area contributed by atoms with E-state index in [1.165, 1.54) is 7.11 Å². The molecule has 0 aromatic carbocycles. The van der Waals surface area contributed by atoms with Gasteiger partial charge in [-0.2, -0.15) is 0 Å². The molecule has 0 rings (SSSR count). The van der Waals surface area contributed by atoms with Gasteiger partial charge in [-0.3, -0.25) is 0 Å². The van der Waals surface area contributed by atoms with Crippen LogP contribution < -0.4 is 22.3 Å². The molecule has 68 valence electrons. The van der Waals surface area contributed by atoms with E-state index in [2.05, 4.69) is 11.3 Å². The Bertz CT molecular complexity index is 115. The highest BCUT2D eigenvalue weighted by Gasteiger charge is 1.95. The lowest BCUT2D eigenvalue weighted by Gasteiger charge is -1.91. The second-order valence-corrected chi connectivity index (χ2v) is 1.85. The van der Waals surface area contributed by atoms with Crippen molar-refractivity contribution in [1.82, 2.24) is 0 Å². The second kappa shape index (κ2) is 12.3. The Balaban J connectivity index is -0.000000140. The molecule has 0 heterocycles. The van der Waals surface area contributed by atoms with Crippen molar-refractivity contribution in [3.05, 3.63) is 12.2 Å². The third-order valence-electron chi connectivity index (χ3n) is 0.534. The van der Waals surface area contributed by atoms with Crippen molar-refractivity contribution in [3.8, 4) is 0 Å². The molecule has 0 saturated heterocycles. The van der Waals surface area contributed by atoms with Crippen LogP contribution in [0.25, 0.3) is 0 Å². The number of esters is 1. The van der Waals surface area contributed by atoms with Gasteiger partial charge in [0.15, 0.2) is 0 Å². The average Bonchev–Trinajstić information content (AvgIpc) is 1.88. The number of hydrogen-bond donors (Lipinski definition) is 1. The molecule has 3 nitrogen and oxygen atoms in total. The largest absolute Gasteiger partial charge is 1.00 e. The minimum Gasteiger partial charge on any atom is -1.00 e. The number of quaternary nitrogens is 1. The topological polar surface area (TPSA) is 42.9 Å². The van der Waals surface area contributed by atoms with E-state index in [1.54, 1.807) is 6.92 Å². The fourth-order valence-electron chi connectivity index (χ4n) is 0.174. The molecule has 0 fully saturated rings. The molecule has 2 N–H and O–H groups in total. The zero-order chi connectivity index (χ0) is 8.57. The third kappa shape index (κ3) is 17.7. The Morgan fingerprint density at radius 1 is 1.45 bits per heavy atom. The molecule has 0 radical (unpaired) electrons. The van der Waals surface area contributed by atoms with Gasteiger partial charge in [-0.05, 0) is 6.92 Å². The summed E-state index contributed by atoms with van der Waals surface area (Å²) in [4.78, 5) is 10.2. The number of hydrogen-bond acceptors (Lipinski definition) is 2. The summed E-state index contributed by atoms with van der Waals surface area (Å²) >= 11 is 0. The standard InChI is InChI=1S/C5H8O2.C2H7N.BrH/c1-4(2)5(6)7-3;1-3-2;/h1H2,2-3H3;3H,1-2H3;1H. The fraction of sp³-hybridized carbons (Fsp3) is 0.571. The van der Waals surface area contributed by atoms with Crippen LogP contribution in [0.1, 0.15) is 6.92 Å². The number of methoxy groups -OCH3 is 1. The summed E-state index contributed by atoms with van der Waals surface area (Å²) in [5.74, 6) is -0.347. The molecule has 0 atom stereocenters. The minimum absolute atomic E-state index is 0. The molecule has 0 aliphatic rings. The number of rotatable bonds is 1.